The van der Waals surface area contributed by atoms with E-state index in [1.807, 2.05) is 25.1 Å². The summed E-state index contributed by atoms with van der Waals surface area (Å²) in [6.45, 7) is 10.1. The summed E-state index contributed by atoms with van der Waals surface area (Å²) >= 11 is 3.52. The van der Waals surface area contributed by atoms with E-state index in [0.29, 0.717) is 0 Å². The maximum Gasteiger partial charge on any atom is 0.227 e. The van der Waals surface area contributed by atoms with E-state index in [1.165, 1.54) is 5.56 Å². The molecular formula is C16H21BrN4. The number of hydrogen-bond acceptors (Lipinski definition) is 4. The van der Waals surface area contributed by atoms with Crippen LogP contribution in [0.15, 0.2) is 28.7 Å². The van der Waals surface area contributed by atoms with Gasteiger partial charge in [0.05, 0.1) is 0 Å². The van der Waals surface area contributed by atoms with E-state index in [1.54, 1.807) is 0 Å². The normalized spacial score (nSPS) is 10.5. The van der Waals surface area contributed by atoms with Crippen molar-refractivity contribution in [3.8, 4) is 0 Å². The molecule has 0 amide bonds. The van der Waals surface area contributed by atoms with Crippen LogP contribution >= 0.6 is 15.9 Å². The largest absolute Gasteiger partial charge is 0.341 e. The molecule has 112 valence electrons. The second kappa shape index (κ2) is 6.89. The molecule has 0 saturated carbocycles. The van der Waals surface area contributed by atoms with Gasteiger partial charge < -0.3 is 10.2 Å². The van der Waals surface area contributed by atoms with Gasteiger partial charge in [0.15, 0.2) is 0 Å². The quantitative estimate of drug-likeness (QED) is 0.866. The van der Waals surface area contributed by atoms with Crippen LogP contribution in [0, 0.1) is 13.8 Å². The lowest BCUT2D eigenvalue weighted by atomic mass is 10.2. The number of nitrogens with one attached hydrogen (secondary N) is 1. The number of rotatable bonds is 5. The van der Waals surface area contributed by atoms with Gasteiger partial charge in [0.25, 0.3) is 0 Å². The second-order valence-corrected chi connectivity index (χ2v) is 5.81. The molecule has 4 nitrogen and oxygen atoms in total. The zero-order valence-electron chi connectivity index (χ0n) is 12.9. The third-order valence-electron chi connectivity index (χ3n) is 3.32. The minimum atomic E-state index is 0.774. The molecule has 0 atom stereocenters. The fraction of sp³-hybridized carbons (Fsp3) is 0.375. The average molecular weight is 349 g/mol. The molecule has 0 fully saturated rings. The lowest BCUT2D eigenvalue weighted by Gasteiger charge is -2.19. The molecule has 2 rings (SSSR count). The molecule has 1 aromatic heterocycles. The first-order chi connectivity index (χ1) is 10.0. The molecule has 0 unspecified atom stereocenters. The molecule has 0 aliphatic carbocycles. The molecule has 0 spiro atoms. The third kappa shape index (κ3) is 3.94. The van der Waals surface area contributed by atoms with Crippen LogP contribution in [-0.2, 0) is 0 Å². The van der Waals surface area contributed by atoms with Crippen molar-refractivity contribution in [1.29, 1.82) is 0 Å². The van der Waals surface area contributed by atoms with E-state index < -0.39 is 0 Å². The van der Waals surface area contributed by atoms with Gasteiger partial charge in [-0.2, -0.15) is 4.98 Å². The summed E-state index contributed by atoms with van der Waals surface area (Å²) in [4.78, 5) is 11.3. The van der Waals surface area contributed by atoms with Crippen LogP contribution in [-0.4, -0.2) is 23.1 Å². The van der Waals surface area contributed by atoms with E-state index in [-0.39, 0.29) is 0 Å². The van der Waals surface area contributed by atoms with Crippen molar-refractivity contribution in [2.75, 3.05) is 23.3 Å². The first-order valence-corrected chi connectivity index (χ1v) is 7.96. The topological polar surface area (TPSA) is 41.1 Å². The fourth-order valence-corrected chi connectivity index (χ4v) is 2.38. The number of halogens is 1. The van der Waals surface area contributed by atoms with Crippen molar-refractivity contribution < 1.29 is 0 Å². The lowest BCUT2D eigenvalue weighted by Crippen LogP contribution is -2.24. The van der Waals surface area contributed by atoms with Crippen molar-refractivity contribution in [2.24, 2.45) is 0 Å². The van der Waals surface area contributed by atoms with E-state index in [0.717, 1.165) is 40.7 Å². The Hall–Kier alpha value is -1.62. The average Bonchev–Trinajstić information content (AvgIpc) is 2.44. The zero-order valence-corrected chi connectivity index (χ0v) is 14.5. The van der Waals surface area contributed by atoms with Crippen molar-refractivity contribution in [3.05, 3.63) is 40.0 Å². The van der Waals surface area contributed by atoms with Crippen molar-refractivity contribution in [1.82, 2.24) is 9.97 Å². The van der Waals surface area contributed by atoms with Crippen LogP contribution in [0.1, 0.15) is 25.1 Å². The van der Waals surface area contributed by atoms with E-state index >= 15 is 0 Å². The molecule has 2 aromatic rings. The number of hydrogen-bond donors (Lipinski definition) is 1. The second-order valence-electron chi connectivity index (χ2n) is 4.96. The number of benzene rings is 1. The van der Waals surface area contributed by atoms with Crippen LogP contribution in [0.4, 0.5) is 17.5 Å². The molecule has 1 aromatic carbocycles. The molecule has 0 saturated heterocycles. The highest BCUT2D eigenvalue weighted by Crippen LogP contribution is 2.23. The van der Waals surface area contributed by atoms with Crippen LogP contribution in [0.2, 0.25) is 0 Å². The van der Waals surface area contributed by atoms with E-state index in [9.17, 15) is 0 Å². The van der Waals surface area contributed by atoms with Crippen molar-refractivity contribution in [2.45, 2.75) is 27.7 Å². The Balaban J connectivity index is 2.29. The Bertz CT molecular complexity index is 624. The molecular weight excluding hydrogens is 328 g/mol. The van der Waals surface area contributed by atoms with Gasteiger partial charge in [0.1, 0.15) is 5.82 Å². The molecule has 1 N–H and O–H groups in total. The zero-order chi connectivity index (χ0) is 15.4. The SMILES string of the molecule is CCN(CC)c1nc(C)cc(Nc2ccc(Br)c(C)c2)n1. The van der Waals surface area contributed by atoms with E-state index in [4.69, 9.17) is 0 Å². The molecule has 0 bridgehead atoms. The van der Waals surface area contributed by atoms with Gasteiger partial charge in [0, 0.05) is 35.0 Å². The van der Waals surface area contributed by atoms with Crippen LogP contribution in [0.5, 0.6) is 0 Å². The van der Waals surface area contributed by atoms with Gasteiger partial charge in [0.2, 0.25) is 5.95 Å². The standard InChI is InChI=1S/C16H21BrN4/c1-5-21(6-2)16-18-12(4)10-15(20-16)19-13-7-8-14(17)11(3)9-13/h7-10H,5-6H2,1-4H3,(H,18,19,20). The van der Waals surface area contributed by atoms with Crippen molar-refractivity contribution >= 4 is 33.4 Å². The summed E-state index contributed by atoms with van der Waals surface area (Å²) in [6.07, 6.45) is 0. The number of anilines is 3. The monoisotopic (exact) mass is 348 g/mol. The van der Waals surface area contributed by atoms with Gasteiger partial charge in [-0.25, -0.2) is 4.98 Å². The van der Waals surface area contributed by atoms with Gasteiger partial charge >= 0.3 is 0 Å². The molecule has 0 aliphatic heterocycles. The first-order valence-electron chi connectivity index (χ1n) is 7.17. The summed E-state index contributed by atoms with van der Waals surface area (Å²) in [5.41, 5.74) is 3.18. The number of aromatic nitrogens is 2. The summed E-state index contributed by atoms with van der Waals surface area (Å²) < 4.78 is 1.11. The molecule has 0 aliphatic rings. The predicted molar refractivity (Wildman–Crippen MR) is 92.5 cm³/mol. The third-order valence-corrected chi connectivity index (χ3v) is 4.21. The highest BCUT2D eigenvalue weighted by molar-refractivity contribution is 9.10. The molecule has 5 heteroatoms. The summed E-state index contributed by atoms with van der Waals surface area (Å²) in [5.74, 6) is 1.60. The van der Waals surface area contributed by atoms with Crippen molar-refractivity contribution in [3.63, 3.8) is 0 Å². The Labute approximate surface area is 134 Å². The summed E-state index contributed by atoms with van der Waals surface area (Å²) in [7, 11) is 0. The Morgan fingerprint density at radius 2 is 1.81 bits per heavy atom. The van der Waals surface area contributed by atoms with Gasteiger partial charge in [-0.1, -0.05) is 15.9 Å². The fourth-order valence-electron chi connectivity index (χ4n) is 2.14. The predicted octanol–water partition coefficient (Wildman–Crippen LogP) is 4.45. The Morgan fingerprint density at radius 3 is 2.43 bits per heavy atom. The Morgan fingerprint density at radius 1 is 1.10 bits per heavy atom. The highest BCUT2D eigenvalue weighted by atomic mass is 79.9. The van der Waals surface area contributed by atoms with Crippen LogP contribution < -0.4 is 10.2 Å². The Kier molecular flexibility index (Phi) is 5.17. The summed E-state index contributed by atoms with van der Waals surface area (Å²) in [6, 6.07) is 8.13. The van der Waals surface area contributed by atoms with Crippen LogP contribution in [0.25, 0.3) is 0 Å². The summed E-state index contributed by atoms with van der Waals surface area (Å²) in [5, 5.41) is 3.36. The minimum Gasteiger partial charge on any atom is -0.341 e. The molecule has 21 heavy (non-hydrogen) atoms. The smallest absolute Gasteiger partial charge is 0.227 e. The highest BCUT2D eigenvalue weighted by Gasteiger charge is 2.08. The van der Waals surface area contributed by atoms with Gasteiger partial charge in [-0.15, -0.1) is 0 Å². The van der Waals surface area contributed by atoms with E-state index in [2.05, 4.69) is 63.0 Å². The number of nitrogens with zero attached hydrogens (tertiary/aromatic N) is 3. The van der Waals surface area contributed by atoms with Gasteiger partial charge in [-0.3, -0.25) is 0 Å². The van der Waals surface area contributed by atoms with Gasteiger partial charge in [-0.05, 0) is 51.5 Å². The lowest BCUT2D eigenvalue weighted by molar-refractivity contribution is 0.817. The number of aryl methyl sites for hydroxylation is 2. The molecule has 0 radical (unpaired) electrons. The maximum atomic E-state index is 4.61. The first kappa shape index (κ1) is 15.8. The van der Waals surface area contributed by atoms with Crippen LogP contribution in [0.3, 0.4) is 0 Å². The minimum absolute atomic E-state index is 0.774. The molecule has 1 heterocycles. The maximum absolute atomic E-state index is 4.61.